The standard InChI is InChI=1S/C15H21FN4O/c1-11-10-14(21)18-15(17-11)20-8-6-19(7-9-20)13-4-2-12(16)3-5-13/h2-5,11,15,17H,6-10H2,1H3,(H,18,21). The van der Waals surface area contributed by atoms with Crippen LogP contribution in [0, 0.1) is 5.82 Å². The molecule has 1 amide bonds. The lowest BCUT2D eigenvalue weighted by molar-refractivity contribution is -0.126. The average Bonchev–Trinajstić information content (AvgIpc) is 2.47. The molecule has 0 radical (unpaired) electrons. The summed E-state index contributed by atoms with van der Waals surface area (Å²) in [5.74, 6) is -0.104. The summed E-state index contributed by atoms with van der Waals surface area (Å²) in [4.78, 5) is 16.1. The maximum atomic E-state index is 13.0. The van der Waals surface area contributed by atoms with Crippen LogP contribution in [-0.4, -0.2) is 49.3 Å². The smallest absolute Gasteiger partial charge is 0.223 e. The maximum Gasteiger partial charge on any atom is 0.223 e. The van der Waals surface area contributed by atoms with Gasteiger partial charge in [-0.1, -0.05) is 0 Å². The van der Waals surface area contributed by atoms with E-state index in [0.717, 1.165) is 31.9 Å². The molecule has 0 aromatic heterocycles. The van der Waals surface area contributed by atoms with E-state index in [2.05, 4.69) is 20.4 Å². The second-order valence-electron chi connectivity index (χ2n) is 5.74. The third-order valence-electron chi connectivity index (χ3n) is 4.10. The van der Waals surface area contributed by atoms with Gasteiger partial charge in [0.05, 0.1) is 0 Å². The highest BCUT2D eigenvalue weighted by Crippen LogP contribution is 2.17. The van der Waals surface area contributed by atoms with Crippen molar-refractivity contribution in [2.45, 2.75) is 25.7 Å². The van der Waals surface area contributed by atoms with Crippen molar-refractivity contribution in [2.24, 2.45) is 0 Å². The molecule has 6 heteroatoms. The van der Waals surface area contributed by atoms with Crippen LogP contribution in [-0.2, 0) is 4.79 Å². The van der Waals surface area contributed by atoms with Gasteiger partial charge in [-0.05, 0) is 31.2 Å². The Bertz CT molecular complexity index is 499. The summed E-state index contributed by atoms with van der Waals surface area (Å²) in [5, 5.41) is 6.39. The minimum atomic E-state index is -0.208. The average molecular weight is 292 g/mol. The monoisotopic (exact) mass is 292 g/mol. The van der Waals surface area contributed by atoms with E-state index in [1.807, 2.05) is 19.1 Å². The van der Waals surface area contributed by atoms with Crippen LogP contribution in [0.2, 0.25) is 0 Å². The van der Waals surface area contributed by atoms with Crippen molar-refractivity contribution in [3.8, 4) is 0 Å². The van der Waals surface area contributed by atoms with Crippen LogP contribution in [0.5, 0.6) is 0 Å². The molecule has 0 saturated carbocycles. The van der Waals surface area contributed by atoms with Crippen LogP contribution < -0.4 is 15.5 Å². The largest absolute Gasteiger partial charge is 0.369 e. The van der Waals surface area contributed by atoms with E-state index in [1.165, 1.54) is 12.1 Å². The van der Waals surface area contributed by atoms with Crippen molar-refractivity contribution in [3.05, 3.63) is 30.1 Å². The Kier molecular flexibility index (Phi) is 4.07. The maximum absolute atomic E-state index is 13.0. The zero-order chi connectivity index (χ0) is 14.8. The lowest BCUT2D eigenvalue weighted by Crippen LogP contribution is -2.66. The van der Waals surface area contributed by atoms with Gasteiger partial charge in [-0.15, -0.1) is 0 Å². The summed E-state index contributed by atoms with van der Waals surface area (Å²) in [6, 6.07) is 6.82. The molecule has 114 valence electrons. The van der Waals surface area contributed by atoms with Gasteiger partial charge in [-0.25, -0.2) is 4.39 Å². The molecule has 3 rings (SSSR count). The molecule has 2 heterocycles. The van der Waals surface area contributed by atoms with Crippen molar-refractivity contribution in [1.29, 1.82) is 0 Å². The highest BCUT2D eigenvalue weighted by atomic mass is 19.1. The molecule has 1 aromatic rings. The molecule has 0 bridgehead atoms. The second-order valence-corrected chi connectivity index (χ2v) is 5.74. The van der Waals surface area contributed by atoms with Gasteiger partial charge in [-0.2, -0.15) is 0 Å². The number of anilines is 1. The van der Waals surface area contributed by atoms with Crippen LogP contribution in [0.15, 0.2) is 24.3 Å². The third-order valence-corrected chi connectivity index (χ3v) is 4.10. The van der Waals surface area contributed by atoms with Crippen molar-refractivity contribution in [3.63, 3.8) is 0 Å². The van der Waals surface area contributed by atoms with Gasteiger partial charge < -0.3 is 10.2 Å². The fourth-order valence-electron chi connectivity index (χ4n) is 2.95. The fourth-order valence-corrected chi connectivity index (χ4v) is 2.95. The van der Waals surface area contributed by atoms with Crippen LogP contribution in [0.3, 0.4) is 0 Å². The minimum Gasteiger partial charge on any atom is -0.369 e. The molecule has 5 nitrogen and oxygen atoms in total. The minimum absolute atomic E-state index is 0.0726. The number of benzene rings is 1. The number of carbonyl (C=O) groups is 1. The fraction of sp³-hybridized carbons (Fsp3) is 0.533. The number of rotatable bonds is 2. The van der Waals surface area contributed by atoms with E-state index in [4.69, 9.17) is 0 Å². The molecule has 0 aliphatic carbocycles. The third kappa shape index (κ3) is 3.33. The summed E-state index contributed by atoms with van der Waals surface area (Å²) in [7, 11) is 0. The van der Waals surface area contributed by atoms with Gasteiger partial charge in [0.2, 0.25) is 5.91 Å². The number of halogens is 1. The molecule has 2 unspecified atom stereocenters. The van der Waals surface area contributed by atoms with Gasteiger partial charge in [-0.3, -0.25) is 15.0 Å². The molecule has 21 heavy (non-hydrogen) atoms. The Morgan fingerprint density at radius 2 is 1.81 bits per heavy atom. The van der Waals surface area contributed by atoms with Gasteiger partial charge in [0.15, 0.2) is 0 Å². The lowest BCUT2D eigenvalue weighted by Gasteiger charge is -2.43. The predicted molar refractivity (Wildman–Crippen MR) is 79.3 cm³/mol. The van der Waals surface area contributed by atoms with Crippen LogP contribution in [0.25, 0.3) is 0 Å². The SMILES string of the molecule is CC1CC(=O)NC(N2CCN(c3ccc(F)cc3)CC2)N1. The Morgan fingerprint density at radius 3 is 2.43 bits per heavy atom. The zero-order valence-corrected chi connectivity index (χ0v) is 12.2. The first-order valence-corrected chi connectivity index (χ1v) is 7.42. The molecule has 2 atom stereocenters. The number of amides is 1. The van der Waals surface area contributed by atoms with Gasteiger partial charge in [0, 0.05) is 44.3 Å². The molecular formula is C15H21FN4O. The van der Waals surface area contributed by atoms with Crippen LogP contribution in [0.4, 0.5) is 10.1 Å². The van der Waals surface area contributed by atoms with Crippen molar-refractivity contribution < 1.29 is 9.18 Å². The predicted octanol–water partition coefficient (Wildman–Crippen LogP) is 0.729. The van der Waals surface area contributed by atoms with E-state index in [9.17, 15) is 9.18 Å². The number of nitrogens with one attached hydrogen (secondary N) is 2. The van der Waals surface area contributed by atoms with E-state index in [0.29, 0.717) is 6.42 Å². The van der Waals surface area contributed by atoms with Crippen molar-refractivity contribution in [2.75, 3.05) is 31.1 Å². The molecule has 2 N–H and O–H groups in total. The number of piperazine rings is 1. The number of carbonyl (C=O) groups excluding carboxylic acids is 1. The van der Waals surface area contributed by atoms with E-state index in [-0.39, 0.29) is 24.1 Å². The normalized spacial score (nSPS) is 27.5. The molecule has 2 aliphatic heterocycles. The topological polar surface area (TPSA) is 47.6 Å². The summed E-state index contributed by atoms with van der Waals surface area (Å²) >= 11 is 0. The molecular weight excluding hydrogens is 271 g/mol. The Morgan fingerprint density at radius 1 is 1.14 bits per heavy atom. The van der Waals surface area contributed by atoms with Gasteiger partial charge in [0.25, 0.3) is 0 Å². The summed E-state index contributed by atoms with van der Waals surface area (Å²) in [5.41, 5.74) is 1.05. The lowest BCUT2D eigenvalue weighted by atomic mass is 10.2. The number of nitrogens with zero attached hydrogens (tertiary/aromatic N) is 2. The summed E-state index contributed by atoms with van der Waals surface area (Å²) in [6.45, 7) is 5.49. The van der Waals surface area contributed by atoms with Gasteiger partial charge >= 0.3 is 0 Å². The van der Waals surface area contributed by atoms with Crippen molar-refractivity contribution in [1.82, 2.24) is 15.5 Å². The van der Waals surface area contributed by atoms with E-state index >= 15 is 0 Å². The van der Waals surface area contributed by atoms with Crippen LogP contribution >= 0.6 is 0 Å². The van der Waals surface area contributed by atoms with Gasteiger partial charge in [0.1, 0.15) is 12.1 Å². The Hall–Kier alpha value is -1.66. The first-order valence-electron chi connectivity index (χ1n) is 7.42. The number of hydrogen-bond donors (Lipinski definition) is 2. The second kappa shape index (κ2) is 5.99. The molecule has 2 saturated heterocycles. The highest BCUT2D eigenvalue weighted by molar-refractivity contribution is 5.77. The first kappa shape index (κ1) is 14.3. The summed E-state index contributed by atoms with van der Waals surface area (Å²) in [6.07, 6.45) is 0.461. The van der Waals surface area contributed by atoms with Crippen LogP contribution in [0.1, 0.15) is 13.3 Å². The highest BCUT2D eigenvalue weighted by Gasteiger charge is 2.29. The quantitative estimate of drug-likeness (QED) is 0.844. The Balaban J connectivity index is 1.57. The van der Waals surface area contributed by atoms with Crippen molar-refractivity contribution >= 4 is 11.6 Å². The molecule has 0 spiro atoms. The zero-order valence-electron chi connectivity index (χ0n) is 12.2. The molecule has 2 fully saturated rings. The summed E-state index contributed by atoms with van der Waals surface area (Å²) < 4.78 is 13.0. The number of hydrogen-bond acceptors (Lipinski definition) is 4. The van der Waals surface area contributed by atoms with E-state index in [1.54, 1.807) is 0 Å². The molecule has 2 aliphatic rings. The van der Waals surface area contributed by atoms with E-state index < -0.39 is 0 Å². The molecule has 1 aromatic carbocycles. The Labute approximate surface area is 124 Å². The first-order chi connectivity index (χ1) is 10.1.